The summed E-state index contributed by atoms with van der Waals surface area (Å²) in [6.45, 7) is 0. The predicted molar refractivity (Wildman–Crippen MR) is 77.2 cm³/mol. The maximum Gasteiger partial charge on any atom is 0.339 e. The Labute approximate surface area is 123 Å². The van der Waals surface area contributed by atoms with Crippen LogP contribution in [-0.2, 0) is 0 Å². The third-order valence-corrected chi connectivity index (χ3v) is 3.72. The van der Waals surface area contributed by atoms with Gasteiger partial charge in [0.1, 0.15) is 11.3 Å². The van der Waals surface area contributed by atoms with Gasteiger partial charge in [0.25, 0.3) is 5.91 Å². The molecule has 1 amide bonds. The van der Waals surface area contributed by atoms with E-state index in [-0.39, 0.29) is 17.2 Å². The van der Waals surface area contributed by atoms with E-state index in [9.17, 15) is 9.59 Å². The number of carboxylic acid groups (broad SMARTS) is 1. The van der Waals surface area contributed by atoms with Gasteiger partial charge in [-0.05, 0) is 24.3 Å². The van der Waals surface area contributed by atoms with E-state index in [1.54, 1.807) is 12.1 Å². The SMILES string of the molecule is COc1cc(NC(=O)c2ccc(Cl)s2)ccc1C(=O)O. The van der Waals surface area contributed by atoms with E-state index in [0.29, 0.717) is 14.9 Å². The molecule has 5 nitrogen and oxygen atoms in total. The number of carboxylic acids is 1. The summed E-state index contributed by atoms with van der Waals surface area (Å²) in [5.74, 6) is -1.23. The number of anilines is 1. The number of hydrogen-bond acceptors (Lipinski definition) is 4. The number of aromatic carboxylic acids is 1. The maximum absolute atomic E-state index is 11.9. The zero-order chi connectivity index (χ0) is 14.7. The number of thiophene rings is 1. The lowest BCUT2D eigenvalue weighted by Crippen LogP contribution is -2.10. The Morgan fingerprint density at radius 3 is 2.60 bits per heavy atom. The van der Waals surface area contributed by atoms with Gasteiger partial charge < -0.3 is 15.2 Å². The van der Waals surface area contributed by atoms with E-state index in [2.05, 4.69) is 5.32 Å². The Hall–Kier alpha value is -2.05. The number of carbonyl (C=O) groups excluding carboxylic acids is 1. The lowest BCUT2D eigenvalue weighted by Gasteiger charge is -2.08. The van der Waals surface area contributed by atoms with Crippen molar-refractivity contribution in [2.75, 3.05) is 12.4 Å². The third-order valence-electron chi connectivity index (χ3n) is 2.49. The molecule has 0 fully saturated rings. The number of amides is 1. The highest BCUT2D eigenvalue weighted by atomic mass is 35.5. The maximum atomic E-state index is 11.9. The van der Waals surface area contributed by atoms with Crippen LogP contribution in [-0.4, -0.2) is 24.1 Å². The molecule has 0 saturated heterocycles. The highest BCUT2D eigenvalue weighted by molar-refractivity contribution is 7.18. The van der Waals surface area contributed by atoms with E-state index >= 15 is 0 Å². The first-order valence-corrected chi connectivity index (χ1v) is 6.68. The van der Waals surface area contributed by atoms with Gasteiger partial charge in [0.2, 0.25) is 0 Å². The number of ether oxygens (including phenoxy) is 1. The lowest BCUT2D eigenvalue weighted by molar-refractivity contribution is 0.0693. The Balaban J connectivity index is 2.22. The number of carbonyl (C=O) groups is 2. The number of benzene rings is 1. The van der Waals surface area contributed by atoms with Gasteiger partial charge in [-0.25, -0.2) is 4.79 Å². The molecule has 2 N–H and O–H groups in total. The normalized spacial score (nSPS) is 10.1. The fraction of sp³-hybridized carbons (Fsp3) is 0.0769. The monoisotopic (exact) mass is 311 g/mol. The van der Waals surface area contributed by atoms with Crippen molar-refractivity contribution in [3.63, 3.8) is 0 Å². The van der Waals surface area contributed by atoms with E-state index in [1.807, 2.05) is 0 Å². The van der Waals surface area contributed by atoms with Crippen LogP contribution < -0.4 is 10.1 Å². The molecule has 0 radical (unpaired) electrons. The molecule has 1 heterocycles. The van der Waals surface area contributed by atoms with Crippen LogP contribution in [0.4, 0.5) is 5.69 Å². The molecule has 2 rings (SSSR count). The van der Waals surface area contributed by atoms with Gasteiger partial charge in [0, 0.05) is 11.8 Å². The number of hydrogen-bond donors (Lipinski definition) is 2. The molecular weight excluding hydrogens is 302 g/mol. The fourth-order valence-electron chi connectivity index (χ4n) is 1.57. The summed E-state index contributed by atoms with van der Waals surface area (Å²) in [4.78, 5) is 23.4. The molecule has 0 atom stereocenters. The zero-order valence-electron chi connectivity index (χ0n) is 10.3. The van der Waals surface area contributed by atoms with Crippen molar-refractivity contribution in [1.82, 2.24) is 0 Å². The second-order valence-corrected chi connectivity index (χ2v) is 5.49. The topological polar surface area (TPSA) is 75.6 Å². The highest BCUT2D eigenvalue weighted by Crippen LogP contribution is 2.25. The van der Waals surface area contributed by atoms with Crippen molar-refractivity contribution in [1.29, 1.82) is 0 Å². The van der Waals surface area contributed by atoms with Crippen LogP contribution in [0.15, 0.2) is 30.3 Å². The van der Waals surface area contributed by atoms with Crippen LogP contribution in [0.3, 0.4) is 0 Å². The minimum Gasteiger partial charge on any atom is -0.496 e. The number of rotatable bonds is 4. The summed E-state index contributed by atoms with van der Waals surface area (Å²) in [5.41, 5.74) is 0.478. The average Bonchev–Trinajstić information content (AvgIpc) is 2.85. The quantitative estimate of drug-likeness (QED) is 0.907. The van der Waals surface area contributed by atoms with Crippen molar-refractivity contribution in [2.24, 2.45) is 0 Å². The Morgan fingerprint density at radius 2 is 2.05 bits per heavy atom. The highest BCUT2D eigenvalue weighted by Gasteiger charge is 2.13. The summed E-state index contributed by atoms with van der Waals surface area (Å²) in [7, 11) is 1.37. The van der Waals surface area contributed by atoms with E-state index in [0.717, 1.165) is 11.3 Å². The fourth-order valence-corrected chi connectivity index (χ4v) is 2.51. The molecule has 7 heteroatoms. The van der Waals surface area contributed by atoms with E-state index in [1.165, 1.54) is 25.3 Å². The molecule has 0 aliphatic rings. The van der Waals surface area contributed by atoms with Crippen LogP contribution in [0.5, 0.6) is 5.75 Å². The first-order chi connectivity index (χ1) is 9.51. The predicted octanol–water partition coefficient (Wildman–Crippen LogP) is 3.36. The van der Waals surface area contributed by atoms with Crippen molar-refractivity contribution in [3.8, 4) is 5.75 Å². The van der Waals surface area contributed by atoms with Crippen LogP contribution in [0.25, 0.3) is 0 Å². The second-order valence-electron chi connectivity index (χ2n) is 3.78. The van der Waals surface area contributed by atoms with Crippen LogP contribution in [0.1, 0.15) is 20.0 Å². The summed E-state index contributed by atoms with van der Waals surface area (Å²) >= 11 is 6.93. The molecule has 1 aromatic carbocycles. The smallest absolute Gasteiger partial charge is 0.339 e. The average molecular weight is 312 g/mol. The first-order valence-electron chi connectivity index (χ1n) is 5.49. The molecule has 1 aromatic heterocycles. The van der Waals surface area contributed by atoms with Gasteiger partial charge in [0.15, 0.2) is 0 Å². The summed E-state index contributed by atoms with van der Waals surface area (Å²) in [6, 6.07) is 7.58. The summed E-state index contributed by atoms with van der Waals surface area (Å²) < 4.78 is 5.51. The molecular formula is C13H10ClNO4S. The van der Waals surface area contributed by atoms with Crippen LogP contribution in [0, 0.1) is 0 Å². The van der Waals surface area contributed by atoms with Gasteiger partial charge in [-0.3, -0.25) is 4.79 Å². The molecule has 0 bridgehead atoms. The van der Waals surface area contributed by atoms with Crippen molar-refractivity contribution in [3.05, 3.63) is 45.1 Å². The second kappa shape index (κ2) is 5.94. The van der Waals surface area contributed by atoms with Crippen LogP contribution in [0.2, 0.25) is 4.34 Å². The standard InChI is InChI=1S/C13H10ClNO4S/c1-19-9-6-7(2-3-8(9)13(17)18)15-12(16)10-4-5-11(14)20-10/h2-6H,1H3,(H,15,16)(H,17,18). The molecule has 0 unspecified atom stereocenters. The molecule has 0 aliphatic carbocycles. The van der Waals surface area contributed by atoms with Crippen molar-refractivity contribution >= 4 is 40.5 Å². The molecule has 20 heavy (non-hydrogen) atoms. The minimum atomic E-state index is -1.09. The van der Waals surface area contributed by atoms with Gasteiger partial charge in [0.05, 0.1) is 16.3 Å². The largest absolute Gasteiger partial charge is 0.496 e. The summed E-state index contributed by atoms with van der Waals surface area (Å²) in [6.07, 6.45) is 0. The number of halogens is 1. The molecule has 0 aliphatic heterocycles. The first kappa shape index (κ1) is 14.4. The Bertz CT molecular complexity index is 668. The zero-order valence-corrected chi connectivity index (χ0v) is 11.9. The molecule has 2 aromatic rings. The molecule has 104 valence electrons. The molecule has 0 saturated carbocycles. The Kier molecular flexibility index (Phi) is 4.26. The minimum absolute atomic E-state index is 0.0321. The Morgan fingerprint density at radius 1 is 1.30 bits per heavy atom. The van der Waals surface area contributed by atoms with Gasteiger partial charge in [-0.15, -0.1) is 11.3 Å². The third kappa shape index (κ3) is 3.09. The lowest BCUT2D eigenvalue weighted by atomic mass is 10.2. The van der Waals surface area contributed by atoms with Gasteiger partial charge >= 0.3 is 5.97 Å². The number of methoxy groups -OCH3 is 1. The van der Waals surface area contributed by atoms with Crippen molar-refractivity contribution < 1.29 is 19.4 Å². The van der Waals surface area contributed by atoms with E-state index in [4.69, 9.17) is 21.4 Å². The summed E-state index contributed by atoms with van der Waals surface area (Å²) in [5, 5.41) is 11.6. The van der Waals surface area contributed by atoms with Crippen LogP contribution >= 0.6 is 22.9 Å². The van der Waals surface area contributed by atoms with Crippen molar-refractivity contribution in [2.45, 2.75) is 0 Å². The van der Waals surface area contributed by atoms with Gasteiger partial charge in [-0.2, -0.15) is 0 Å². The number of nitrogens with one attached hydrogen (secondary N) is 1. The van der Waals surface area contributed by atoms with E-state index < -0.39 is 5.97 Å². The molecule has 0 spiro atoms. The van der Waals surface area contributed by atoms with Gasteiger partial charge in [-0.1, -0.05) is 11.6 Å².